The highest BCUT2D eigenvalue weighted by atomic mass is 16.3. The Morgan fingerprint density at radius 3 is 2.88 bits per heavy atom. The van der Waals surface area contributed by atoms with Crippen LogP contribution in [0.25, 0.3) is 0 Å². The van der Waals surface area contributed by atoms with Crippen LogP contribution in [0.3, 0.4) is 0 Å². The van der Waals surface area contributed by atoms with E-state index in [2.05, 4.69) is 10.6 Å². The first-order valence-corrected chi connectivity index (χ1v) is 5.79. The molecule has 0 bridgehead atoms. The molecule has 2 saturated heterocycles. The zero-order valence-corrected chi connectivity index (χ0v) is 9.44. The lowest BCUT2D eigenvalue weighted by molar-refractivity contribution is 0.247. The Kier molecular flexibility index (Phi) is 2.22. The summed E-state index contributed by atoms with van der Waals surface area (Å²) in [5.74, 6) is 0.144. The number of phenolic OH excluding ortho intramolecular Hbond substituents is 1. The second-order valence-electron chi connectivity index (χ2n) is 4.71. The maximum atomic E-state index is 12.0. The molecule has 3 rings (SSSR count). The molecular formula is C12H15N3O2. The first-order valence-electron chi connectivity index (χ1n) is 5.79. The van der Waals surface area contributed by atoms with Gasteiger partial charge in [0.05, 0.1) is 17.8 Å². The van der Waals surface area contributed by atoms with Crippen LogP contribution in [-0.4, -0.2) is 36.3 Å². The lowest BCUT2D eigenvalue weighted by Gasteiger charge is -2.21. The van der Waals surface area contributed by atoms with E-state index in [0.29, 0.717) is 12.2 Å². The van der Waals surface area contributed by atoms with E-state index < -0.39 is 0 Å². The van der Waals surface area contributed by atoms with Gasteiger partial charge in [0, 0.05) is 6.54 Å². The fraction of sp³-hybridized carbons (Fsp3) is 0.417. The third kappa shape index (κ3) is 1.63. The highest BCUT2D eigenvalue weighted by Gasteiger charge is 2.45. The van der Waals surface area contributed by atoms with Crippen molar-refractivity contribution in [3.05, 3.63) is 24.3 Å². The third-order valence-corrected chi connectivity index (χ3v) is 3.49. The lowest BCUT2D eigenvalue weighted by atomic mass is 10.0. The van der Waals surface area contributed by atoms with Gasteiger partial charge in [-0.05, 0) is 25.1 Å². The van der Waals surface area contributed by atoms with Gasteiger partial charge in [0.25, 0.3) is 0 Å². The van der Waals surface area contributed by atoms with Crippen molar-refractivity contribution in [1.29, 1.82) is 0 Å². The minimum absolute atomic E-state index is 0.129. The largest absolute Gasteiger partial charge is 0.506 e. The van der Waals surface area contributed by atoms with E-state index in [9.17, 15) is 9.90 Å². The first kappa shape index (κ1) is 10.4. The van der Waals surface area contributed by atoms with E-state index in [4.69, 9.17) is 0 Å². The van der Waals surface area contributed by atoms with Crippen LogP contribution in [0.15, 0.2) is 24.3 Å². The predicted octanol–water partition coefficient (Wildman–Crippen LogP) is 0.654. The van der Waals surface area contributed by atoms with Crippen molar-refractivity contribution in [2.24, 2.45) is 0 Å². The summed E-state index contributed by atoms with van der Waals surface area (Å²) in [5, 5.41) is 16.1. The lowest BCUT2D eigenvalue weighted by Crippen LogP contribution is -2.45. The number of nitrogens with one attached hydrogen (secondary N) is 2. The molecule has 5 heteroatoms. The Hall–Kier alpha value is -1.75. The number of carbonyl (C=O) groups is 1. The Bertz CT molecular complexity index is 455. The van der Waals surface area contributed by atoms with Crippen LogP contribution >= 0.6 is 0 Å². The van der Waals surface area contributed by atoms with Crippen molar-refractivity contribution in [3.8, 4) is 5.75 Å². The van der Waals surface area contributed by atoms with Gasteiger partial charge in [-0.25, -0.2) is 4.79 Å². The van der Waals surface area contributed by atoms with Crippen molar-refractivity contribution in [3.63, 3.8) is 0 Å². The summed E-state index contributed by atoms with van der Waals surface area (Å²) in [6.45, 7) is 2.33. The minimum Gasteiger partial charge on any atom is -0.506 e. The Morgan fingerprint density at radius 1 is 1.35 bits per heavy atom. The smallest absolute Gasteiger partial charge is 0.322 e. The number of hydrogen-bond acceptors (Lipinski definition) is 3. The van der Waals surface area contributed by atoms with Crippen LogP contribution in [0.4, 0.5) is 10.5 Å². The number of benzene rings is 1. The number of carbonyl (C=O) groups excluding carboxylic acids is 1. The van der Waals surface area contributed by atoms with E-state index in [0.717, 1.165) is 19.5 Å². The second-order valence-corrected chi connectivity index (χ2v) is 4.71. The van der Waals surface area contributed by atoms with Crippen molar-refractivity contribution in [2.45, 2.75) is 12.0 Å². The molecule has 1 unspecified atom stereocenters. The number of anilines is 1. The summed E-state index contributed by atoms with van der Waals surface area (Å²) in [6.07, 6.45) is 0.933. The SMILES string of the molecule is O=C1NC2(CCNC2)CN1c1ccccc1O. The number of para-hydroxylation sites is 2. The summed E-state index contributed by atoms with van der Waals surface area (Å²) in [7, 11) is 0. The molecule has 0 aromatic heterocycles. The fourth-order valence-corrected chi connectivity index (χ4v) is 2.58. The fourth-order valence-electron chi connectivity index (χ4n) is 2.58. The number of urea groups is 1. The number of phenols is 1. The van der Waals surface area contributed by atoms with Crippen LogP contribution in [0.1, 0.15) is 6.42 Å². The molecule has 2 fully saturated rings. The molecule has 0 aliphatic carbocycles. The van der Waals surface area contributed by atoms with Gasteiger partial charge in [-0.1, -0.05) is 12.1 Å². The predicted molar refractivity (Wildman–Crippen MR) is 64.2 cm³/mol. The van der Waals surface area contributed by atoms with Gasteiger partial charge in [0.15, 0.2) is 0 Å². The molecular weight excluding hydrogens is 218 g/mol. The van der Waals surface area contributed by atoms with Crippen molar-refractivity contribution >= 4 is 11.7 Å². The molecule has 17 heavy (non-hydrogen) atoms. The van der Waals surface area contributed by atoms with Gasteiger partial charge in [-0.3, -0.25) is 4.90 Å². The van der Waals surface area contributed by atoms with E-state index in [1.54, 1.807) is 23.1 Å². The molecule has 0 saturated carbocycles. The van der Waals surface area contributed by atoms with Gasteiger partial charge >= 0.3 is 6.03 Å². The molecule has 2 aliphatic rings. The molecule has 1 aromatic rings. The Labute approximate surface area is 99.4 Å². The van der Waals surface area contributed by atoms with E-state index in [1.807, 2.05) is 6.07 Å². The quantitative estimate of drug-likeness (QED) is 0.667. The molecule has 1 spiro atoms. The molecule has 0 radical (unpaired) electrons. The normalized spacial score (nSPS) is 27.8. The van der Waals surface area contributed by atoms with Gasteiger partial charge in [-0.15, -0.1) is 0 Å². The molecule has 1 aromatic carbocycles. The summed E-state index contributed by atoms with van der Waals surface area (Å²) >= 11 is 0. The van der Waals surface area contributed by atoms with Gasteiger partial charge in [0.1, 0.15) is 5.75 Å². The zero-order valence-electron chi connectivity index (χ0n) is 9.44. The number of rotatable bonds is 1. The monoisotopic (exact) mass is 233 g/mol. The summed E-state index contributed by atoms with van der Waals surface area (Å²) in [5.41, 5.74) is 0.410. The highest BCUT2D eigenvalue weighted by molar-refractivity contribution is 5.96. The van der Waals surface area contributed by atoms with E-state index >= 15 is 0 Å². The topological polar surface area (TPSA) is 64.6 Å². The average molecular weight is 233 g/mol. The van der Waals surface area contributed by atoms with E-state index in [1.165, 1.54) is 0 Å². The molecule has 1 atom stereocenters. The number of aromatic hydroxyl groups is 1. The van der Waals surface area contributed by atoms with Gasteiger partial charge in [0.2, 0.25) is 0 Å². The highest BCUT2D eigenvalue weighted by Crippen LogP contribution is 2.32. The molecule has 2 amide bonds. The molecule has 90 valence electrons. The van der Waals surface area contributed by atoms with Gasteiger partial charge < -0.3 is 15.7 Å². The van der Waals surface area contributed by atoms with Crippen molar-refractivity contribution in [2.75, 3.05) is 24.5 Å². The Morgan fingerprint density at radius 2 is 2.18 bits per heavy atom. The maximum Gasteiger partial charge on any atom is 0.322 e. The zero-order chi connectivity index (χ0) is 11.9. The summed E-state index contributed by atoms with van der Waals surface area (Å²) in [4.78, 5) is 13.6. The van der Waals surface area contributed by atoms with Crippen LogP contribution in [0, 0.1) is 0 Å². The van der Waals surface area contributed by atoms with E-state index in [-0.39, 0.29) is 17.3 Å². The maximum absolute atomic E-state index is 12.0. The summed E-state index contributed by atoms with van der Waals surface area (Å²) in [6, 6.07) is 6.80. The van der Waals surface area contributed by atoms with Crippen LogP contribution in [0.2, 0.25) is 0 Å². The van der Waals surface area contributed by atoms with Crippen molar-refractivity contribution < 1.29 is 9.90 Å². The minimum atomic E-state index is -0.167. The molecule has 2 aliphatic heterocycles. The average Bonchev–Trinajstić information content (AvgIpc) is 2.88. The van der Waals surface area contributed by atoms with Crippen molar-refractivity contribution in [1.82, 2.24) is 10.6 Å². The third-order valence-electron chi connectivity index (χ3n) is 3.49. The van der Waals surface area contributed by atoms with Crippen LogP contribution in [0.5, 0.6) is 5.75 Å². The second kappa shape index (κ2) is 3.63. The number of nitrogens with zero attached hydrogens (tertiary/aromatic N) is 1. The van der Waals surface area contributed by atoms with Gasteiger partial charge in [-0.2, -0.15) is 0 Å². The molecule has 5 nitrogen and oxygen atoms in total. The molecule has 3 N–H and O–H groups in total. The number of hydrogen-bond donors (Lipinski definition) is 3. The summed E-state index contributed by atoms with van der Waals surface area (Å²) < 4.78 is 0. The Balaban J connectivity index is 1.90. The standard InChI is InChI=1S/C12H15N3O2/c16-10-4-2-1-3-9(10)15-8-12(14-11(15)17)5-6-13-7-12/h1-4,13,16H,5-8H2,(H,14,17). The number of amides is 2. The van der Waals surface area contributed by atoms with Crippen LogP contribution < -0.4 is 15.5 Å². The molecule has 2 heterocycles. The van der Waals surface area contributed by atoms with Crippen LogP contribution in [-0.2, 0) is 0 Å². The first-order chi connectivity index (χ1) is 8.20.